The summed E-state index contributed by atoms with van der Waals surface area (Å²) < 4.78 is 15.5. The standard InChI is InChI=1S/C11H12O4/c1-6-9-7(11(12)15-6)4-5-8(13-2)10(9)14-3/h4-6H,1-3H3. The number of ether oxygens (including phenoxy) is 3. The van der Waals surface area contributed by atoms with Crippen molar-refractivity contribution in [2.75, 3.05) is 14.2 Å². The summed E-state index contributed by atoms with van der Waals surface area (Å²) in [4.78, 5) is 11.4. The molecule has 2 rings (SSSR count). The highest BCUT2D eigenvalue weighted by Gasteiger charge is 2.32. The Bertz CT molecular complexity index is 411. The number of rotatable bonds is 2. The quantitative estimate of drug-likeness (QED) is 0.696. The van der Waals surface area contributed by atoms with E-state index in [1.54, 1.807) is 26.4 Å². The highest BCUT2D eigenvalue weighted by atomic mass is 16.6. The monoisotopic (exact) mass is 208 g/mol. The summed E-state index contributed by atoms with van der Waals surface area (Å²) in [5.74, 6) is 0.883. The SMILES string of the molecule is COc1ccc2c(c1OC)C(C)OC2=O. The summed E-state index contributed by atoms with van der Waals surface area (Å²) in [7, 11) is 3.11. The average molecular weight is 208 g/mol. The van der Waals surface area contributed by atoms with Crippen molar-refractivity contribution in [1.82, 2.24) is 0 Å². The van der Waals surface area contributed by atoms with Crippen molar-refractivity contribution in [1.29, 1.82) is 0 Å². The molecule has 1 unspecified atom stereocenters. The van der Waals surface area contributed by atoms with Crippen LogP contribution in [0, 0.1) is 0 Å². The molecule has 0 N–H and O–H groups in total. The largest absolute Gasteiger partial charge is 0.493 e. The van der Waals surface area contributed by atoms with E-state index in [9.17, 15) is 4.79 Å². The summed E-state index contributed by atoms with van der Waals surface area (Å²) >= 11 is 0. The molecule has 1 aliphatic heterocycles. The van der Waals surface area contributed by atoms with Crippen molar-refractivity contribution >= 4 is 5.97 Å². The van der Waals surface area contributed by atoms with Gasteiger partial charge in [0.2, 0.25) is 0 Å². The van der Waals surface area contributed by atoms with E-state index in [0.29, 0.717) is 17.1 Å². The number of fused-ring (bicyclic) bond motifs is 1. The second kappa shape index (κ2) is 3.46. The first-order valence-electron chi connectivity index (χ1n) is 4.65. The van der Waals surface area contributed by atoms with Crippen LogP contribution in [0.4, 0.5) is 0 Å². The summed E-state index contributed by atoms with van der Waals surface area (Å²) in [5.41, 5.74) is 1.32. The Balaban J connectivity index is 2.65. The summed E-state index contributed by atoms with van der Waals surface area (Å²) in [6.45, 7) is 1.81. The number of esters is 1. The molecule has 4 heteroatoms. The van der Waals surface area contributed by atoms with Crippen LogP contribution in [-0.2, 0) is 4.74 Å². The van der Waals surface area contributed by atoms with Gasteiger partial charge in [-0.1, -0.05) is 0 Å². The average Bonchev–Trinajstić information content (AvgIpc) is 2.53. The lowest BCUT2D eigenvalue weighted by Gasteiger charge is -2.12. The Hall–Kier alpha value is -1.71. The third-order valence-corrected chi connectivity index (χ3v) is 2.49. The van der Waals surface area contributed by atoms with Gasteiger partial charge in [0.1, 0.15) is 6.10 Å². The molecule has 1 aliphatic rings. The maximum Gasteiger partial charge on any atom is 0.339 e. The number of carbonyl (C=O) groups excluding carboxylic acids is 1. The van der Waals surface area contributed by atoms with Gasteiger partial charge in [-0.15, -0.1) is 0 Å². The fourth-order valence-corrected chi connectivity index (χ4v) is 1.82. The molecule has 0 fully saturated rings. The van der Waals surface area contributed by atoms with E-state index in [1.807, 2.05) is 6.92 Å². The van der Waals surface area contributed by atoms with Crippen molar-refractivity contribution in [3.05, 3.63) is 23.3 Å². The van der Waals surface area contributed by atoms with Crippen LogP contribution in [0.3, 0.4) is 0 Å². The molecule has 1 heterocycles. The second-order valence-electron chi connectivity index (χ2n) is 3.31. The van der Waals surface area contributed by atoms with Gasteiger partial charge >= 0.3 is 5.97 Å². The van der Waals surface area contributed by atoms with Crippen LogP contribution in [-0.4, -0.2) is 20.2 Å². The molecule has 0 radical (unpaired) electrons. The van der Waals surface area contributed by atoms with E-state index in [2.05, 4.69) is 0 Å². The van der Waals surface area contributed by atoms with Gasteiger partial charge in [0.25, 0.3) is 0 Å². The van der Waals surface area contributed by atoms with Gasteiger partial charge in [0.15, 0.2) is 11.5 Å². The third kappa shape index (κ3) is 1.33. The first kappa shape index (κ1) is 9.83. The number of hydrogen-bond donors (Lipinski definition) is 0. The lowest BCUT2D eigenvalue weighted by Crippen LogP contribution is -1.98. The van der Waals surface area contributed by atoms with Gasteiger partial charge in [-0.25, -0.2) is 4.79 Å². The number of carbonyl (C=O) groups is 1. The smallest absolute Gasteiger partial charge is 0.339 e. The molecule has 15 heavy (non-hydrogen) atoms. The summed E-state index contributed by atoms with van der Waals surface area (Å²) in [6, 6.07) is 3.40. The van der Waals surface area contributed by atoms with Crippen LogP contribution < -0.4 is 9.47 Å². The summed E-state index contributed by atoms with van der Waals surface area (Å²) in [5, 5.41) is 0. The zero-order valence-electron chi connectivity index (χ0n) is 8.87. The van der Waals surface area contributed by atoms with E-state index in [0.717, 1.165) is 5.56 Å². The normalized spacial score (nSPS) is 18.3. The lowest BCUT2D eigenvalue weighted by atomic mass is 10.0. The number of methoxy groups -OCH3 is 2. The maximum absolute atomic E-state index is 11.4. The van der Waals surface area contributed by atoms with Crippen LogP contribution in [0.1, 0.15) is 28.9 Å². The van der Waals surface area contributed by atoms with Crippen molar-refractivity contribution in [3.8, 4) is 11.5 Å². The first-order chi connectivity index (χ1) is 7.19. The molecule has 0 spiro atoms. The van der Waals surface area contributed by atoms with E-state index in [4.69, 9.17) is 14.2 Å². The van der Waals surface area contributed by atoms with E-state index in [1.165, 1.54) is 0 Å². The number of benzene rings is 1. The number of hydrogen-bond acceptors (Lipinski definition) is 4. The molecule has 0 aliphatic carbocycles. The van der Waals surface area contributed by atoms with Crippen LogP contribution in [0.15, 0.2) is 12.1 Å². The van der Waals surface area contributed by atoms with Crippen LogP contribution in [0.2, 0.25) is 0 Å². The lowest BCUT2D eigenvalue weighted by molar-refractivity contribution is 0.0419. The Kier molecular flexibility index (Phi) is 2.26. The molecular weight excluding hydrogens is 196 g/mol. The van der Waals surface area contributed by atoms with E-state index in [-0.39, 0.29) is 12.1 Å². The minimum Gasteiger partial charge on any atom is -0.493 e. The van der Waals surface area contributed by atoms with Crippen molar-refractivity contribution < 1.29 is 19.0 Å². The molecule has 0 aromatic heterocycles. The molecule has 1 aromatic rings. The topological polar surface area (TPSA) is 44.8 Å². The minimum absolute atomic E-state index is 0.280. The first-order valence-corrected chi connectivity index (χ1v) is 4.65. The van der Waals surface area contributed by atoms with Gasteiger partial charge < -0.3 is 14.2 Å². The van der Waals surface area contributed by atoms with Crippen LogP contribution in [0.5, 0.6) is 11.5 Å². The Morgan fingerprint density at radius 3 is 2.60 bits per heavy atom. The molecule has 80 valence electrons. The highest BCUT2D eigenvalue weighted by molar-refractivity contribution is 5.95. The molecule has 0 bridgehead atoms. The Morgan fingerprint density at radius 2 is 2.00 bits per heavy atom. The van der Waals surface area contributed by atoms with Gasteiger partial charge in [-0.2, -0.15) is 0 Å². The van der Waals surface area contributed by atoms with Crippen LogP contribution >= 0.6 is 0 Å². The molecule has 0 saturated carbocycles. The minimum atomic E-state index is -0.307. The number of cyclic esters (lactones) is 1. The van der Waals surface area contributed by atoms with E-state index < -0.39 is 0 Å². The van der Waals surface area contributed by atoms with Crippen molar-refractivity contribution in [2.45, 2.75) is 13.0 Å². The fourth-order valence-electron chi connectivity index (χ4n) is 1.82. The van der Waals surface area contributed by atoms with Gasteiger partial charge in [-0.05, 0) is 19.1 Å². The molecule has 4 nitrogen and oxygen atoms in total. The molecular formula is C11H12O4. The zero-order chi connectivity index (χ0) is 11.0. The van der Waals surface area contributed by atoms with Gasteiger partial charge in [0.05, 0.1) is 25.3 Å². The highest BCUT2D eigenvalue weighted by Crippen LogP contribution is 2.42. The predicted octanol–water partition coefficient (Wildman–Crippen LogP) is 1.94. The molecule has 0 saturated heterocycles. The fraction of sp³-hybridized carbons (Fsp3) is 0.364. The van der Waals surface area contributed by atoms with Gasteiger partial charge in [-0.3, -0.25) is 0 Å². The summed E-state index contributed by atoms with van der Waals surface area (Å²) in [6.07, 6.45) is -0.280. The predicted molar refractivity (Wildman–Crippen MR) is 53.4 cm³/mol. The second-order valence-corrected chi connectivity index (χ2v) is 3.31. The van der Waals surface area contributed by atoms with Gasteiger partial charge in [0, 0.05) is 0 Å². The Labute approximate surface area is 87.8 Å². The van der Waals surface area contributed by atoms with Crippen LogP contribution in [0.25, 0.3) is 0 Å². The molecule has 1 atom stereocenters. The zero-order valence-corrected chi connectivity index (χ0v) is 8.87. The maximum atomic E-state index is 11.4. The third-order valence-electron chi connectivity index (χ3n) is 2.49. The van der Waals surface area contributed by atoms with E-state index >= 15 is 0 Å². The molecule has 0 amide bonds. The van der Waals surface area contributed by atoms with Crippen molar-refractivity contribution in [3.63, 3.8) is 0 Å². The Morgan fingerprint density at radius 1 is 1.27 bits per heavy atom. The van der Waals surface area contributed by atoms with Crippen molar-refractivity contribution in [2.24, 2.45) is 0 Å². The molecule has 1 aromatic carbocycles.